The van der Waals surface area contributed by atoms with Crippen molar-refractivity contribution in [3.8, 4) is 0 Å². The van der Waals surface area contributed by atoms with Crippen LogP contribution in [0.25, 0.3) is 0 Å². The average Bonchev–Trinajstić information content (AvgIpc) is 2.38. The summed E-state index contributed by atoms with van der Waals surface area (Å²) in [5.41, 5.74) is 0. The molecule has 3 heteroatoms. The van der Waals surface area contributed by atoms with Gasteiger partial charge >= 0.3 is 0 Å². The van der Waals surface area contributed by atoms with Crippen LogP contribution >= 0.6 is 0 Å². The second-order valence-corrected chi connectivity index (χ2v) is 4.54. The van der Waals surface area contributed by atoms with Crippen molar-refractivity contribution < 1.29 is 0 Å². The molecule has 0 aliphatic heterocycles. The van der Waals surface area contributed by atoms with Gasteiger partial charge in [0, 0.05) is 12.4 Å². The molecule has 1 N–H and O–H groups in total. The van der Waals surface area contributed by atoms with E-state index in [1.54, 1.807) is 0 Å². The van der Waals surface area contributed by atoms with Crippen LogP contribution in [0.2, 0.25) is 0 Å². The number of hydrogen-bond donors (Lipinski definition) is 1. The Balaban J connectivity index is 2.09. The van der Waals surface area contributed by atoms with Crippen molar-refractivity contribution in [2.24, 2.45) is 5.92 Å². The third-order valence-electron chi connectivity index (χ3n) is 3.41. The van der Waals surface area contributed by atoms with Crippen LogP contribution in [0.1, 0.15) is 50.9 Å². The van der Waals surface area contributed by atoms with E-state index in [9.17, 15) is 0 Å². The molecule has 0 bridgehead atoms. The molecule has 1 aromatic rings. The molecule has 1 unspecified atom stereocenters. The zero-order chi connectivity index (χ0) is 11.2. The van der Waals surface area contributed by atoms with Crippen molar-refractivity contribution >= 4 is 0 Å². The van der Waals surface area contributed by atoms with Gasteiger partial charge in [-0.05, 0) is 31.4 Å². The molecule has 0 aromatic carbocycles. The van der Waals surface area contributed by atoms with E-state index >= 15 is 0 Å². The largest absolute Gasteiger partial charge is 0.307 e. The van der Waals surface area contributed by atoms with E-state index in [-0.39, 0.29) is 0 Å². The second-order valence-electron chi connectivity index (χ2n) is 4.54. The molecule has 88 valence electrons. The average molecular weight is 219 g/mol. The lowest BCUT2D eigenvalue weighted by Crippen LogP contribution is -2.31. The Morgan fingerprint density at radius 1 is 1.25 bits per heavy atom. The van der Waals surface area contributed by atoms with Crippen LogP contribution in [0.3, 0.4) is 0 Å². The fraction of sp³-hybridized carbons (Fsp3) is 0.692. The third kappa shape index (κ3) is 2.79. The van der Waals surface area contributed by atoms with Crippen molar-refractivity contribution in [2.45, 2.75) is 45.1 Å². The highest BCUT2D eigenvalue weighted by Crippen LogP contribution is 2.32. The number of rotatable bonds is 4. The number of nitrogens with zero attached hydrogens (tertiary/aromatic N) is 2. The zero-order valence-electron chi connectivity index (χ0n) is 10.0. The summed E-state index contributed by atoms with van der Waals surface area (Å²) in [5.74, 6) is 1.69. The minimum Gasteiger partial charge on any atom is -0.307 e. The Bertz CT molecular complexity index is 293. The van der Waals surface area contributed by atoms with Crippen LogP contribution in [0.5, 0.6) is 0 Å². The van der Waals surface area contributed by atoms with Crippen molar-refractivity contribution in [1.82, 2.24) is 15.3 Å². The van der Waals surface area contributed by atoms with Crippen molar-refractivity contribution in [1.29, 1.82) is 0 Å². The fourth-order valence-corrected chi connectivity index (χ4v) is 2.63. The molecular weight excluding hydrogens is 198 g/mol. The summed E-state index contributed by atoms with van der Waals surface area (Å²) in [7, 11) is 0. The maximum absolute atomic E-state index is 4.40. The molecule has 1 atom stereocenters. The Kier molecular flexibility index (Phi) is 4.28. The summed E-state index contributed by atoms with van der Waals surface area (Å²) < 4.78 is 0. The highest BCUT2D eigenvalue weighted by atomic mass is 15.0. The monoisotopic (exact) mass is 219 g/mol. The molecule has 0 spiro atoms. The first kappa shape index (κ1) is 11.5. The van der Waals surface area contributed by atoms with Gasteiger partial charge in [0.1, 0.15) is 5.82 Å². The maximum atomic E-state index is 4.40. The van der Waals surface area contributed by atoms with Crippen LogP contribution in [-0.2, 0) is 0 Å². The number of hydrogen-bond acceptors (Lipinski definition) is 3. The van der Waals surface area contributed by atoms with E-state index in [1.807, 2.05) is 18.5 Å². The van der Waals surface area contributed by atoms with Crippen molar-refractivity contribution in [2.75, 3.05) is 6.54 Å². The SMILES string of the molecule is CCNC(c1ncccn1)C1CCCCC1. The molecular formula is C13H21N3. The van der Waals surface area contributed by atoms with Gasteiger partial charge in [-0.25, -0.2) is 9.97 Å². The second kappa shape index (κ2) is 5.94. The molecule has 0 saturated heterocycles. The topological polar surface area (TPSA) is 37.8 Å². The first-order chi connectivity index (χ1) is 7.92. The zero-order valence-corrected chi connectivity index (χ0v) is 10.0. The van der Waals surface area contributed by atoms with Crippen LogP contribution < -0.4 is 5.32 Å². The van der Waals surface area contributed by atoms with E-state index in [1.165, 1.54) is 32.1 Å². The quantitative estimate of drug-likeness (QED) is 0.846. The van der Waals surface area contributed by atoms with Gasteiger partial charge in [0.15, 0.2) is 0 Å². The lowest BCUT2D eigenvalue weighted by molar-refractivity contribution is 0.266. The molecule has 0 radical (unpaired) electrons. The highest BCUT2D eigenvalue weighted by Gasteiger charge is 2.25. The van der Waals surface area contributed by atoms with Gasteiger partial charge in [-0.3, -0.25) is 0 Å². The Morgan fingerprint density at radius 3 is 2.56 bits per heavy atom. The molecule has 3 nitrogen and oxygen atoms in total. The van der Waals surface area contributed by atoms with Gasteiger partial charge < -0.3 is 5.32 Å². The lowest BCUT2D eigenvalue weighted by atomic mass is 9.83. The third-order valence-corrected chi connectivity index (χ3v) is 3.41. The molecule has 0 amide bonds. The Hall–Kier alpha value is -0.960. The molecule has 16 heavy (non-hydrogen) atoms. The first-order valence-electron chi connectivity index (χ1n) is 6.42. The summed E-state index contributed by atoms with van der Waals surface area (Å²) in [6.07, 6.45) is 10.4. The van der Waals surface area contributed by atoms with Gasteiger partial charge in [0.25, 0.3) is 0 Å². The highest BCUT2D eigenvalue weighted by molar-refractivity contribution is 4.99. The molecule has 1 aromatic heterocycles. The smallest absolute Gasteiger partial charge is 0.145 e. The van der Waals surface area contributed by atoms with Gasteiger partial charge in [0.05, 0.1) is 6.04 Å². The van der Waals surface area contributed by atoms with Gasteiger partial charge in [-0.1, -0.05) is 26.2 Å². The molecule has 2 rings (SSSR count). The molecule has 1 aliphatic carbocycles. The van der Waals surface area contributed by atoms with Crippen molar-refractivity contribution in [3.63, 3.8) is 0 Å². The van der Waals surface area contributed by atoms with E-state index in [0.29, 0.717) is 6.04 Å². The lowest BCUT2D eigenvalue weighted by Gasteiger charge is -2.29. The normalized spacial score (nSPS) is 19.6. The minimum absolute atomic E-state index is 0.353. The molecule has 1 aliphatic rings. The van der Waals surface area contributed by atoms with Crippen LogP contribution in [0.4, 0.5) is 0 Å². The summed E-state index contributed by atoms with van der Waals surface area (Å²) >= 11 is 0. The van der Waals surface area contributed by atoms with E-state index in [2.05, 4.69) is 22.2 Å². The Labute approximate surface area is 97.7 Å². The van der Waals surface area contributed by atoms with Crippen LogP contribution in [0.15, 0.2) is 18.5 Å². The van der Waals surface area contributed by atoms with Crippen LogP contribution in [0, 0.1) is 5.92 Å². The Morgan fingerprint density at radius 2 is 1.94 bits per heavy atom. The predicted octanol–water partition coefficient (Wildman–Crippen LogP) is 2.71. The van der Waals surface area contributed by atoms with E-state index in [4.69, 9.17) is 0 Å². The minimum atomic E-state index is 0.353. The predicted molar refractivity (Wildman–Crippen MR) is 65.0 cm³/mol. The molecule has 1 saturated carbocycles. The number of aromatic nitrogens is 2. The molecule has 1 heterocycles. The van der Waals surface area contributed by atoms with Crippen LogP contribution in [-0.4, -0.2) is 16.5 Å². The van der Waals surface area contributed by atoms with E-state index in [0.717, 1.165) is 18.3 Å². The van der Waals surface area contributed by atoms with E-state index < -0.39 is 0 Å². The van der Waals surface area contributed by atoms with Gasteiger partial charge in [-0.15, -0.1) is 0 Å². The number of nitrogens with one attached hydrogen (secondary N) is 1. The summed E-state index contributed by atoms with van der Waals surface area (Å²) in [6.45, 7) is 3.14. The van der Waals surface area contributed by atoms with Gasteiger partial charge in [0.2, 0.25) is 0 Å². The maximum Gasteiger partial charge on any atom is 0.145 e. The summed E-state index contributed by atoms with van der Waals surface area (Å²) in [5, 5.41) is 3.54. The van der Waals surface area contributed by atoms with Crippen molar-refractivity contribution in [3.05, 3.63) is 24.3 Å². The molecule has 1 fully saturated rings. The fourth-order valence-electron chi connectivity index (χ4n) is 2.63. The summed E-state index contributed by atoms with van der Waals surface area (Å²) in [4.78, 5) is 8.80. The first-order valence-corrected chi connectivity index (χ1v) is 6.42. The standard InChI is InChI=1S/C13H21N3/c1-2-14-12(11-7-4-3-5-8-11)13-15-9-6-10-16-13/h6,9-12,14H,2-5,7-8H2,1H3. The summed E-state index contributed by atoms with van der Waals surface area (Å²) in [6, 6.07) is 2.24. The van der Waals surface area contributed by atoms with Gasteiger partial charge in [-0.2, -0.15) is 0 Å².